The van der Waals surface area contributed by atoms with E-state index in [-0.39, 0.29) is 11.0 Å². The molecule has 94 valence electrons. The number of methoxy groups -OCH3 is 1. The molecule has 0 unspecified atom stereocenters. The fourth-order valence-corrected chi connectivity index (χ4v) is 1.95. The van der Waals surface area contributed by atoms with Crippen molar-refractivity contribution in [1.82, 2.24) is 5.32 Å². The van der Waals surface area contributed by atoms with E-state index in [1.807, 2.05) is 0 Å². The lowest BCUT2D eigenvalue weighted by Crippen LogP contribution is -2.46. The Hall–Kier alpha value is -1.47. The minimum absolute atomic E-state index is 0.0951. The van der Waals surface area contributed by atoms with E-state index in [0.717, 1.165) is 16.2 Å². The van der Waals surface area contributed by atoms with Crippen molar-refractivity contribution < 1.29 is 14.5 Å². The van der Waals surface area contributed by atoms with Crippen LogP contribution in [0.5, 0.6) is 0 Å². The molecule has 0 bridgehead atoms. The Morgan fingerprint density at radius 1 is 1.59 bits per heavy atom. The summed E-state index contributed by atoms with van der Waals surface area (Å²) in [6.45, 7) is 3.78. The topological polar surface area (TPSA) is 81.5 Å². The molecule has 6 nitrogen and oxygen atoms in total. The average molecular weight is 258 g/mol. The van der Waals surface area contributed by atoms with E-state index in [1.165, 1.54) is 13.2 Å². The highest BCUT2D eigenvalue weighted by Gasteiger charge is 2.28. The van der Waals surface area contributed by atoms with Gasteiger partial charge in [0.1, 0.15) is 5.54 Å². The van der Waals surface area contributed by atoms with Gasteiger partial charge in [0.15, 0.2) is 0 Å². The number of carbonyl (C=O) groups is 1. The van der Waals surface area contributed by atoms with E-state index in [1.54, 1.807) is 19.9 Å². The largest absolute Gasteiger partial charge is 0.468 e. The van der Waals surface area contributed by atoms with Crippen LogP contribution in [0.15, 0.2) is 12.1 Å². The highest BCUT2D eigenvalue weighted by Crippen LogP contribution is 2.24. The Bertz CT molecular complexity index is 428. The van der Waals surface area contributed by atoms with E-state index >= 15 is 0 Å². The van der Waals surface area contributed by atoms with E-state index in [2.05, 4.69) is 10.1 Å². The Morgan fingerprint density at radius 2 is 2.24 bits per heavy atom. The molecule has 1 heterocycles. The van der Waals surface area contributed by atoms with Gasteiger partial charge < -0.3 is 4.74 Å². The van der Waals surface area contributed by atoms with Crippen LogP contribution in [-0.2, 0) is 16.1 Å². The van der Waals surface area contributed by atoms with Crippen molar-refractivity contribution >= 4 is 22.3 Å². The summed E-state index contributed by atoms with van der Waals surface area (Å²) in [4.78, 5) is 22.2. The van der Waals surface area contributed by atoms with E-state index in [0.29, 0.717) is 6.54 Å². The van der Waals surface area contributed by atoms with Gasteiger partial charge in [-0.05, 0) is 19.9 Å². The maximum Gasteiger partial charge on any atom is 0.325 e. The molecule has 0 spiro atoms. The second kappa shape index (κ2) is 5.24. The van der Waals surface area contributed by atoms with Gasteiger partial charge in [-0.25, -0.2) is 0 Å². The SMILES string of the molecule is COC(=O)C(C)(C)NCc1ccc([N+](=O)[O-])s1. The smallest absolute Gasteiger partial charge is 0.325 e. The van der Waals surface area contributed by atoms with Crippen LogP contribution >= 0.6 is 11.3 Å². The normalized spacial score (nSPS) is 11.2. The number of esters is 1. The van der Waals surface area contributed by atoms with Gasteiger partial charge in [0.2, 0.25) is 0 Å². The lowest BCUT2D eigenvalue weighted by Gasteiger charge is -2.22. The first kappa shape index (κ1) is 13.6. The lowest BCUT2D eigenvalue weighted by atomic mass is 10.1. The van der Waals surface area contributed by atoms with E-state index in [4.69, 9.17) is 0 Å². The Labute approximate surface area is 103 Å². The molecule has 0 aliphatic carbocycles. The minimum Gasteiger partial charge on any atom is -0.468 e. The standard InChI is InChI=1S/C10H14N2O4S/c1-10(2,9(13)16-3)11-6-7-4-5-8(17-7)12(14)15/h4-5,11H,6H2,1-3H3. The number of ether oxygens (including phenoxy) is 1. The third kappa shape index (κ3) is 3.50. The minimum atomic E-state index is -0.812. The number of carbonyl (C=O) groups excluding carboxylic acids is 1. The van der Waals surface area contributed by atoms with Gasteiger partial charge >= 0.3 is 11.0 Å². The van der Waals surface area contributed by atoms with Gasteiger partial charge in [-0.3, -0.25) is 20.2 Å². The van der Waals surface area contributed by atoms with Crippen LogP contribution in [0.2, 0.25) is 0 Å². The van der Waals surface area contributed by atoms with Crippen molar-refractivity contribution in [2.24, 2.45) is 0 Å². The Morgan fingerprint density at radius 3 is 2.71 bits per heavy atom. The van der Waals surface area contributed by atoms with Crippen LogP contribution in [0.1, 0.15) is 18.7 Å². The third-order valence-electron chi connectivity index (χ3n) is 2.23. The van der Waals surface area contributed by atoms with E-state index < -0.39 is 10.5 Å². The van der Waals surface area contributed by atoms with Gasteiger partial charge in [0.25, 0.3) is 0 Å². The molecule has 0 aromatic carbocycles. The predicted octanol–water partition coefficient (Wildman–Crippen LogP) is 1.70. The predicted molar refractivity (Wildman–Crippen MR) is 63.9 cm³/mol. The highest BCUT2D eigenvalue weighted by atomic mass is 32.1. The molecule has 1 N–H and O–H groups in total. The van der Waals surface area contributed by atoms with Crippen LogP contribution in [-0.4, -0.2) is 23.5 Å². The maximum atomic E-state index is 11.4. The summed E-state index contributed by atoms with van der Waals surface area (Å²) < 4.78 is 4.64. The molecule has 0 aliphatic rings. The summed E-state index contributed by atoms with van der Waals surface area (Å²) in [5, 5.41) is 13.6. The molecule has 0 amide bonds. The van der Waals surface area contributed by atoms with Crippen molar-refractivity contribution in [3.8, 4) is 0 Å². The van der Waals surface area contributed by atoms with Gasteiger partial charge in [0, 0.05) is 17.5 Å². The van der Waals surface area contributed by atoms with Crippen molar-refractivity contribution in [2.75, 3.05) is 7.11 Å². The number of nitrogens with one attached hydrogen (secondary N) is 1. The summed E-state index contributed by atoms with van der Waals surface area (Å²) in [6.07, 6.45) is 0. The molecule has 7 heteroatoms. The summed E-state index contributed by atoms with van der Waals surface area (Å²) >= 11 is 1.09. The molecule has 1 aromatic rings. The van der Waals surface area contributed by atoms with Crippen LogP contribution in [0.4, 0.5) is 5.00 Å². The summed E-state index contributed by atoms with van der Waals surface area (Å²) in [5.41, 5.74) is -0.812. The van der Waals surface area contributed by atoms with Gasteiger partial charge in [-0.1, -0.05) is 11.3 Å². The third-order valence-corrected chi connectivity index (χ3v) is 3.26. The quantitative estimate of drug-likeness (QED) is 0.494. The Balaban J connectivity index is 2.61. The first-order valence-electron chi connectivity index (χ1n) is 4.93. The van der Waals surface area contributed by atoms with Crippen molar-refractivity contribution in [1.29, 1.82) is 0 Å². The molecule has 0 saturated heterocycles. The number of nitro groups is 1. The number of rotatable bonds is 5. The Kier molecular flexibility index (Phi) is 4.19. The molecule has 0 atom stereocenters. The molecular formula is C10H14N2O4S. The number of nitrogens with zero attached hydrogens (tertiary/aromatic N) is 1. The molecule has 0 aliphatic heterocycles. The second-order valence-corrected chi connectivity index (χ2v) is 5.11. The fraction of sp³-hybridized carbons (Fsp3) is 0.500. The average Bonchev–Trinajstić information content (AvgIpc) is 2.74. The summed E-state index contributed by atoms with van der Waals surface area (Å²) in [6, 6.07) is 3.12. The number of hydrogen-bond donors (Lipinski definition) is 1. The van der Waals surface area contributed by atoms with Gasteiger partial charge in [-0.2, -0.15) is 0 Å². The first-order valence-corrected chi connectivity index (χ1v) is 5.75. The second-order valence-electron chi connectivity index (χ2n) is 3.97. The van der Waals surface area contributed by atoms with Crippen LogP contribution in [0.3, 0.4) is 0 Å². The number of hydrogen-bond acceptors (Lipinski definition) is 6. The highest BCUT2D eigenvalue weighted by molar-refractivity contribution is 7.15. The zero-order valence-electron chi connectivity index (χ0n) is 9.85. The number of thiophene rings is 1. The molecule has 0 fully saturated rings. The zero-order chi connectivity index (χ0) is 13.1. The fourth-order valence-electron chi connectivity index (χ4n) is 1.20. The molecule has 0 radical (unpaired) electrons. The zero-order valence-corrected chi connectivity index (χ0v) is 10.7. The molecule has 0 saturated carbocycles. The monoisotopic (exact) mass is 258 g/mol. The van der Waals surface area contributed by atoms with Gasteiger partial charge in [0.05, 0.1) is 12.0 Å². The lowest BCUT2D eigenvalue weighted by molar-refractivity contribution is -0.380. The van der Waals surface area contributed by atoms with Crippen molar-refractivity contribution in [2.45, 2.75) is 25.9 Å². The molecular weight excluding hydrogens is 244 g/mol. The van der Waals surface area contributed by atoms with E-state index in [9.17, 15) is 14.9 Å². The molecule has 1 aromatic heterocycles. The van der Waals surface area contributed by atoms with Gasteiger partial charge in [-0.15, -0.1) is 0 Å². The first-order chi connectivity index (χ1) is 7.86. The molecule has 1 rings (SSSR count). The summed E-state index contributed by atoms with van der Waals surface area (Å²) in [7, 11) is 1.32. The van der Waals surface area contributed by atoms with Crippen molar-refractivity contribution in [3.05, 3.63) is 27.1 Å². The molecule has 17 heavy (non-hydrogen) atoms. The van der Waals surface area contributed by atoms with Crippen LogP contribution in [0.25, 0.3) is 0 Å². The van der Waals surface area contributed by atoms with Crippen molar-refractivity contribution in [3.63, 3.8) is 0 Å². The van der Waals surface area contributed by atoms with Crippen LogP contribution < -0.4 is 5.32 Å². The maximum absolute atomic E-state index is 11.4. The summed E-state index contributed by atoms with van der Waals surface area (Å²) in [5.74, 6) is -0.372. The van der Waals surface area contributed by atoms with Crippen LogP contribution in [0, 0.1) is 10.1 Å².